The van der Waals surface area contributed by atoms with Gasteiger partial charge in [0.2, 0.25) is 0 Å². The van der Waals surface area contributed by atoms with Crippen molar-refractivity contribution in [2.45, 2.75) is 25.8 Å². The Labute approximate surface area is 92.1 Å². The van der Waals surface area contributed by atoms with Gasteiger partial charge in [0.1, 0.15) is 0 Å². The highest BCUT2D eigenvalue weighted by molar-refractivity contribution is 5.21. The molecule has 0 saturated carbocycles. The van der Waals surface area contributed by atoms with E-state index in [1.807, 2.05) is 0 Å². The predicted molar refractivity (Wildman–Crippen MR) is 63.1 cm³/mol. The minimum absolute atomic E-state index is 0.417. The van der Waals surface area contributed by atoms with Crippen LogP contribution in [0.4, 0.5) is 0 Å². The minimum atomic E-state index is 0.417. The van der Waals surface area contributed by atoms with Crippen molar-refractivity contribution < 1.29 is 0 Å². The maximum absolute atomic E-state index is 5.55. The number of likely N-dealkylation sites (tertiary alicyclic amines) is 1. The molecule has 1 aliphatic rings. The first-order chi connectivity index (χ1) is 7.31. The maximum Gasteiger partial charge on any atom is 0.0623 e. The SMILES string of the molecule is C#CN1CCC(C)CC1c1ccccc1. The van der Waals surface area contributed by atoms with Crippen LogP contribution in [0.25, 0.3) is 0 Å². The Balaban J connectivity index is 2.22. The molecule has 0 aliphatic carbocycles. The average Bonchev–Trinajstić information content (AvgIpc) is 2.30. The standard InChI is InChI=1S/C14H17N/c1-3-15-10-9-12(2)11-14(15)13-7-5-4-6-8-13/h1,4-8,12,14H,9-11H2,2H3. The van der Waals surface area contributed by atoms with Gasteiger partial charge >= 0.3 is 0 Å². The third-order valence-corrected chi connectivity index (χ3v) is 3.21. The van der Waals surface area contributed by atoms with E-state index in [-0.39, 0.29) is 0 Å². The van der Waals surface area contributed by atoms with Crippen molar-refractivity contribution in [3.8, 4) is 12.5 Å². The first-order valence-corrected chi connectivity index (χ1v) is 5.59. The molecule has 78 valence electrons. The number of benzene rings is 1. The summed E-state index contributed by atoms with van der Waals surface area (Å²) >= 11 is 0. The van der Waals surface area contributed by atoms with Gasteiger partial charge in [-0.25, -0.2) is 0 Å². The highest BCUT2D eigenvalue weighted by Gasteiger charge is 2.25. The fourth-order valence-corrected chi connectivity index (χ4v) is 2.29. The van der Waals surface area contributed by atoms with Crippen LogP contribution >= 0.6 is 0 Å². The first kappa shape index (κ1) is 10.1. The van der Waals surface area contributed by atoms with Crippen LogP contribution in [0.15, 0.2) is 30.3 Å². The molecule has 0 spiro atoms. The number of nitrogens with zero attached hydrogens (tertiary/aromatic N) is 1. The van der Waals surface area contributed by atoms with Gasteiger partial charge in [-0.1, -0.05) is 43.7 Å². The second-order valence-electron chi connectivity index (χ2n) is 4.38. The Bertz CT molecular complexity index is 349. The molecule has 0 radical (unpaired) electrons. The van der Waals surface area contributed by atoms with Crippen molar-refractivity contribution in [3.05, 3.63) is 35.9 Å². The number of hydrogen-bond donors (Lipinski definition) is 0. The molecular weight excluding hydrogens is 182 g/mol. The summed E-state index contributed by atoms with van der Waals surface area (Å²) in [6.45, 7) is 3.33. The maximum atomic E-state index is 5.55. The zero-order valence-electron chi connectivity index (χ0n) is 9.19. The Morgan fingerprint density at radius 3 is 2.73 bits per heavy atom. The van der Waals surface area contributed by atoms with Gasteiger partial charge in [-0.05, 0) is 24.3 Å². The molecule has 15 heavy (non-hydrogen) atoms. The largest absolute Gasteiger partial charge is 0.325 e. The Morgan fingerprint density at radius 1 is 1.33 bits per heavy atom. The van der Waals surface area contributed by atoms with Gasteiger partial charge in [-0.3, -0.25) is 0 Å². The van der Waals surface area contributed by atoms with Gasteiger partial charge in [-0.15, -0.1) is 0 Å². The molecule has 1 aromatic carbocycles. The lowest BCUT2D eigenvalue weighted by Gasteiger charge is -2.36. The molecule has 2 atom stereocenters. The monoisotopic (exact) mass is 199 g/mol. The van der Waals surface area contributed by atoms with E-state index in [2.05, 4.69) is 48.2 Å². The first-order valence-electron chi connectivity index (χ1n) is 5.59. The molecule has 1 fully saturated rings. The van der Waals surface area contributed by atoms with Crippen LogP contribution in [0.5, 0.6) is 0 Å². The molecule has 0 N–H and O–H groups in total. The van der Waals surface area contributed by atoms with Crippen LogP contribution in [0.3, 0.4) is 0 Å². The molecule has 2 rings (SSSR count). The van der Waals surface area contributed by atoms with Crippen LogP contribution in [0.2, 0.25) is 0 Å². The van der Waals surface area contributed by atoms with Crippen LogP contribution in [0, 0.1) is 18.4 Å². The van der Waals surface area contributed by atoms with Crippen molar-refractivity contribution in [2.75, 3.05) is 6.54 Å². The molecule has 1 aliphatic heterocycles. The molecule has 1 heterocycles. The van der Waals surface area contributed by atoms with E-state index in [0.717, 1.165) is 12.5 Å². The number of rotatable bonds is 1. The van der Waals surface area contributed by atoms with E-state index in [4.69, 9.17) is 6.42 Å². The summed E-state index contributed by atoms with van der Waals surface area (Å²) in [5.41, 5.74) is 1.35. The zero-order valence-corrected chi connectivity index (χ0v) is 9.19. The van der Waals surface area contributed by atoms with Gasteiger partial charge in [0, 0.05) is 12.6 Å². The normalized spacial score (nSPS) is 26.0. The third kappa shape index (κ3) is 2.15. The third-order valence-electron chi connectivity index (χ3n) is 3.21. The predicted octanol–water partition coefficient (Wildman–Crippen LogP) is 3.05. The van der Waals surface area contributed by atoms with E-state index >= 15 is 0 Å². The summed E-state index contributed by atoms with van der Waals surface area (Å²) in [5, 5.41) is 0. The van der Waals surface area contributed by atoms with Crippen molar-refractivity contribution in [3.63, 3.8) is 0 Å². The second-order valence-corrected chi connectivity index (χ2v) is 4.38. The summed E-state index contributed by atoms with van der Waals surface area (Å²) in [4.78, 5) is 2.13. The molecular formula is C14H17N. The van der Waals surface area contributed by atoms with E-state index in [9.17, 15) is 0 Å². The van der Waals surface area contributed by atoms with Gasteiger partial charge in [0.25, 0.3) is 0 Å². The van der Waals surface area contributed by atoms with Crippen molar-refractivity contribution in [1.29, 1.82) is 0 Å². The van der Waals surface area contributed by atoms with E-state index in [1.165, 1.54) is 18.4 Å². The summed E-state index contributed by atoms with van der Waals surface area (Å²) in [7, 11) is 0. The summed E-state index contributed by atoms with van der Waals surface area (Å²) < 4.78 is 0. The van der Waals surface area contributed by atoms with Gasteiger partial charge < -0.3 is 4.90 Å². The summed E-state index contributed by atoms with van der Waals surface area (Å²) in [6, 6.07) is 13.8. The smallest absolute Gasteiger partial charge is 0.0623 e. The van der Waals surface area contributed by atoms with Crippen LogP contribution < -0.4 is 0 Å². The number of piperidine rings is 1. The van der Waals surface area contributed by atoms with Crippen molar-refractivity contribution in [2.24, 2.45) is 5.92 Å². The zero-order chi connectivity index (χ0) is 10.7. The average molecular weight is 199 g/mol. The quantitative estimate of drug-likeness (QED) is 0.628. The lowest BCUT2D eigenvalue weighted by molar-refractivity contribution is 0.186. The highest BCUT2D eigenvalue weighted by atomic mass is 15.1. The molecule has 0 amide bonds. The highest BCUT2D eigenvalue weighted by Crippen LogP contribution is 2.33. The fourth-order valence-electron chi connectivity index (χ4n) is 2.29. The van der Waals surface area contributed by atoms with Crippen LogP contribution in [-0.4, -0.2) is 11.4 Å². The number of hydrogen-bond acceptors (Lipinski definition) is 1. The Hall–Kier alpha value is -1.42. The lowest BCUT2D eigenvalue weighted by Crippen LogP contribution is -2.32. The molecule has 1 heteroatoms. The lowest BCUT2D eigenvalue weighted by atomic mass is 9.89. The van der Waals surface area contributed by atoms with Crippen LogP contribution in [-0.2, 0) is 0 Å². The van der Waals surface area contributed by atoms with E-state index < -0.39 is 0 Å². The van der Waals surface area contributed by atoms with Gasteiger partial charge in [0.05, 0.1) is 6.04 Å². The second kappa shape index (κ2) is 4.40. The van der Waals surface area contributed by atoms with Crippen molar-refractivity contribution in [1.82, 2.24) is 4.90 Å². The van der Waals surface area contributed by atoms with Crippen molar-refractivity contribution >= 4 is 0 Å². The molecule has 0 aromatic heterocycles. The van der Waals surface area contributed by atoms with Gasteiger partial charge in [-0.2, -0.15) is 0 Å². The Kier molecular flexibility index (Phi) is 2.97. The molecule has 2 unspecified atom stereocenters. The van der Waals surface area contributed by atoms with E-state index in [0.29, 0.717) is 6.04 Å². The number of terminal acetylenes is 1. The summed E-state index contributed by atoms with van der Waals surface area (Å²) in [6.07, 6.45) is 7.94. The Morgan fingerprint density at radius 2 is 2.07 bits per heavy atom. The van der Waals surface area contributed by atoms with Crippen LogP contribution in [0.1, 0.15) is 31.4 Å². The summed E-state index contributed by atoms with van der Waals surface area (Å²) in [5.74, 6) is 0.778. The van der Waals surface area contributed by atoms with E-state index in [1.54, 1.807) is 0 Å². The molecule has 1 saturated heterocycles. The minimum Gasteiger partial charge on any atom is -0.325 e. The topological polar surface area (TPSA) is 3.24 Å². The molecule has 1 aromatic rings. The molecule has 1 nitrogen and oxygen atoms in total. The molecule has 0 bridgehead atoms. The fraction of sp³-hybridized carbons (Fsp3) is 0.429. The van der Waals surface area contributed by atoms with Gasteiger partial charge in [0.15, 0.2) is 0 Å².